The summed E-state index contributed by atoms with van der Waals surface area (Å²) in [5.41, 5.74) is -1.24. The first-order valence-electron chi connectivity index (χ1n) is 7.20. The number of hydrogen-bond acceptors (Lipinski definition) is 7. The lowest BCUT2D eigenvalue weighted by atomic mass is 10.1. The minimum absolute atomic E-state index is 0.0892. The molecular formula is C16H22N2O7. The predicted molar refractivity (Wildman–Crippen MR) is 88.4 cm³/mol. The molecule has 0 saturated carbocycles. The van der Waals surface area contributed by atoms with E-state index in [-0.39, 0.29) is 26.4 Å². The first-order chi connectivity index (χ1) is 11.8. The Kier molecular flexibility index (Phi) is 10.0. The van der Waals surface area contributed by atoms with Gasteiger partial charge in [-0.3, -0.25) is 4.79 Å². The summed E-state index contributed by atoms with van der Waals surface area (Å²) in [4.78, 5) is 45.1. The maximum absolute atomic E-state index is 11.8. The highest BCUT2D eigenvalue weighted by atomic mass is 16.6. The number of rotatable bonds is 11. The standard InChI is InChI=1S/C16H22N2O7/c1-5-12(19)17-8-9-23-15(22)18-16(4,10-24-13(20)6-2)11-25-14(21)7-3/h5-7H,1-3,8-11H2,4H3,(H,17,19)(H,18,22). The van der Waals surface area contributed by atoms with Gasteiger partial charge in [0.15, 0.2) is 0 Å². The summed E-state index contributed by atoms with van der Waals surface area (Å²) in [7, 11) is 0. The van der Waals surface area contributed by atoms with Gasteiger partial charge in [-0.25, -0.2) is 14.4 Å². The third-order valence-corrected chi connectivity index (χ3v) is 2.62. The molecule has 0 heterocycles. The fraction of sp³-hybridized carbons (Fsp3) is 0.375. The van der Waals surface area contributed by atoms with Gasteiger partial charge in [0, 0.05) is 12.2 Å². The van der Waals surface area contributed by atoms with Crippen molar-refractivity contribution in [1.82, 2.24) is 10.6 Å². The first-order valence-corrected chi connectivity index (χ1v) is 7.20. The lowest BCUT2D eigenvalue weighted by molar-refractivity contribution is -0.144. The van der Waals surface area contributed by atoms with E-state index in [4.69, 9.17) is 14.2 Å². The van der Waals surface area contributed by atoms with Crippen LogP contribution in [0, 0.1) is 0 Å². The molecule has 0 aliphatic heterocycles. The van der Waals surface area contributed by atoms with E-state index in [0.29, 0.717) is 0 Å². The average molecular weight is 354 g/mol. The fourth-order valence-electron chi connectivity index (χ4n) is 1.37. The highest BCUT2D eigenvalue weighted by Gasteiger charge is 2.30. The van der Waals surface area contributed by atoms with E-state index in [1.165, 1.54) is 6.92 Å². The van der Waals surface area contributed by atoms with Crippen molar-refractivity contribution < 1.29 is 33.4 Å². The Hall–Kier alpha value is -3.10. The molecule has 2 amide bonds. The molecule has 25 heavy (non-hydrogen) atoms. The van der Waals surface area contributed by atoms with Gasteiger partial charge in [-0.05, 0) is 13.0 Å². The van der Waals surface area contributed by atoms with Crippen molar-refractivity contribution in [2.24, 2.45) is 0 Å². The Labute approximate surface area is 145 Å². The van der Waals surface area contributed by atoms with Gasteiger partial charge in [-0.15, -0.1) is 0 Å². The zero-order chi connectivity index (χ0) is 19.3. The smallest absolute Gasteiger partial charge is 0.407 e. The second-order valence-corrected chi connectivity index (χ2v) is 4.94. The van der Waals surface area contributed by atoms with Crippen molar-refractivity contribution in [3.8, 4) is 0 Å². The van der Waals surface area contributed by atoms with Crippen LogP contribution in [0.3, 0.4) is 0 Å². The Balaban J connectivity index is 4.59. The van der Waals surface area contributed by atoms with Crippen molar-refractivity contribution in [3.63, 3.8) is 0 Å². The summed E-state index contributed by atoms with van der Waals surface area (Å²) < 4.78 is 14.6. The summed E-state index contributed by atoms with van der Waals surface area (Å²) in [6, 6.07) is 0. The number of amides is 2. The molecule has 0 aromatic rings. The van der Waals surface area contributed by atoms with E-state index in [0.717, 1.165) is 18.2 Å². The molecule has 138 valence electrons. The second kappa shape index (κ2) is 11.4. The van der Waals surface area contributed by atoms with Gasteiger partial charge in [0.1, 0.15) is 25.4 Å². The normalized spacial score (nSPS) is 9.96. The van der Waals surface area contributed by atoms with E-state index in [2.05, 4.69) is 30.4 Å². The maximum Gasteiger partial charge on any atom is 0.407 e. The first kappa shape index (κ1) is 21.9. The molecule has 0 rings (SSSR count). The van der Waals surface area contributed by atoms with Gasteiger partial charge < -0.3 is 24.8 Å². The van der Waals surface area contributed by atoms with Crippen LogP contribution in [0.2, 0.25) is 0 Å². The third-order valence-electron chi connectivity index (χ3n) is 2.62. The van der Waals surface area contributed by atoms with Crippen LogP contribution in [0.15, 0.2) is 38.0 Å². The van der Waals surface area contributed by atoms with Crippen molar-refractivity contribution in [2.45, 2.75) is 12.5 Å². The summed E-state index contributed by atoms with van der Waals surface area (Å²) in [6.07, 6.45) is 2.15. The molecule has 0 aliphatic rings. The van der Waals surface area contributed by atoms with Crippen LogP contribution in [0.4, 0.5) is 4.79 Å². The number of nitrogens with one attached hydrogen (secondary N) is 2. The van der Waals surface area contributed by atoms with Crippen molar-refractivity contribution in [2.75, 3.05) is 26.4 Å². The number of ether oxygens (including phenoxy) is 3. The maximum atomic E-state index is 11.8. The van der Waals surface area contributed by atoms with Gasteiger partial charge in [0.2, 0.25) is 5.91 Å². The molecule has 0 saturated heterocycles. The highest BCUT2D eigenvalue weighted by molar-refractivity contribution is 5.86. The molecular weight excluding hydrogens is 332 g/mol. The van der Waals surface area contributed by atoms with Gasteiger partial charge in [0.05, 0.1) is 6.54 Å². The Morgan fingerprint density at radius 2 is 1.44 bits per heavy atom. The topological polar surface area (TPSA) is 120 Å². The van der Waals surface area contributed by atoms with E-state index in [9.17, 15) is 19.2 Å². The average Bonchev–Trinajstić information content (AvgIpc) is 2.60. The van der Waals surface area contributed by atoms with Gasteiger partial charge in [0.25, 0.3) is 0 Å². The molecule has 0 fully saturated rings. The Bertz CT molecular complexity index is 519. The molecule has 0 bridgehead atoms. The zero-order valence-corrected chi connectivity index (χ0v) is 14.0. The molecule has 0 spiro atoms. The molecule has 0 radical (unpaired) electrons. The minimum Gasteiger partial charge on any atom is -0.460 e. The quantitative estimate of drug-likeness (QED) is 0.236. The van der Waals surface area contributed by atoms with Crippen LogP contribution in [0.25, 0.3) is 0 Å². The largest absolute Gasteiger partial charge is 0.460 e. The van der Waals surface area contributed by atoms with Crippen molar-refractivity contribution in [3.05, 3.63) is 38.0 Å². The molecule has 2 N–H and O–H groups in total. The van der Waals surface area contributed by atoms with E-state index < -0.39 is 29.5 Å². The molecule has 0 aromatic heterocycles. The van der Waals surface area contributed by atoms with E-state index in [1.54, 1.807) is 0 Å². The monoisotopic (exact) mass is 354 g/mol. The van der Waals surface area contributed by atoms with Gasteiger partial charge >= 0.3 is 18.0 Å². The van der Waals surface area contributed by atoms with E-state index in [1.807, 2.05) is 0 Å². The number of esters is 2. The predicted octanol–water partition coefficient (Wildman–Crippen LogP) is 0.232. The third kappa shape index (κ3) is 10.3. The van der Waals surface area contributed by atoms with Crippen LogP contribution in [0.1, 0.15) is 6.92 Å². The van der Waals surface area contributed by atoms with Crippen molar-refractivity contribution >= 4 is 23.9 Å². The molecule has 0 atom stereocenters. The number of carbonyl (C=O) groups excluding carboxylic acids is 4. The summed E-state index contributed by atoms with van der Waals surface area (Å²) in [5.74, 6) is -1.81. The SMILES string of the molecule is C=CC(=O)NCCOC(=O)NC(C)(COC(=O)C=C)COC(=O)C=C. The van der Waals surface area contributed by atoms with Gasteiger partial charge in [-0.2, -0.15) is 0 Å². The Morgan fingerprint density at radius 3 is 1.88 bits per heavy atom. The van der Waals surface area contributed by atoms with Crippen LogP contribution in [0.5, 0.6) is 0 Å². The molecule has 0 aliphatic carbocycles. The van der Waals surface area contributed by atoms with Gasteiger partial charge in [-0.1, -0.05) is 19.7 Å². The summed E-state index contributed by atoms with van der Waals surface area (Å²) >= 11 is 0. The summed E-state index contributed by atoms with van der Waals surface area (Å²) in [6.45, 7) is 10.7. The molecule has 0 aromatic carbocycles. The van der Waals surface area contributed by atoms with Crippen molar-refractivity contribution in [1.29, 1.82) is 0 Å². The van der Waals surface area contributed by atoms with Crippen LogP contribution < -0.4 is 10.6 Å². The number of hydrogen-bond donors (Lipinski definition) is 2. The molecule has 9 nitrogen and oxygen atoms in total. The second-order valence-electron chi connectivity index (χ2n) is 4.94. The van der Waals surface area contributed by atoms with Crippen LogP contribution in [-0.2, 0) is 28.6 Å². The van der Waals surface area contributed by atoms with Crippen LogP contribution >= 0.6 is 0 Å². The number of carbonyl (C=O) groups is 4. The molecule has 0 unspecified atom stereocenters. The highest BCUT2D eigenvalue weighted by Crippen LogP contribution is 2.07. The fourth-order valence-corrected chi connectivity index (χ4v) is 1.37. The van der Waals surface area contributed by atoms with Crippen LogP contribution in [-0.4, -0.2) is 55.8 Å². The minimum atomic E-state index is -1.24. The lowest BCUT2D eigenvalue weighted by Gasteiger charge is -2.28. The summed E-state index contributed by atoms with van der Waals surface area (Å²) in [5, 5.41) is 4.86. The Morgan fingerprint density at radius 1 is 0.920 bits per heavy atom. The lowest BCUT2D eigenvalue weighted by Crippen LogP contribution is -2.53. The number of alkyl carbamates (subject to hydrolysis) is 1. The van der Waals surface area contributed by atoms with E-state index >= 15 is 0 Å². The zero-order valence-electron chi connectivity index (χ0n) is 14.0. The molecule has 9 heteroatoms.